The van der Waals surface area contributed by atoms with Crippen LogP contribution >= 0.6 is 0 Å². The van der Waals surface area contributed by atoms with Gasteiger partial charge in [-0.3, -0.25) is 10.1 Å². The zero-order valence-electron chi connectivity index (χ0n) is 15.9. The molecule has 0 saturated heterocycles. The molecule has 1 aromatic rings. The molecule has 0 spiro atoms. The number of allylic oxidation sites excluding steroid dienone is 3. The average Bonchev–Trinajstić information content (AvgIpc) is 2.65. The Balaban J connectivity index is 2.10. The van der Waals surface area contributed by atoms with Crippen LogP contribution in [0.1, 0.15) is 57.9 Å². The van der Waals surface area contributed by atoms with Crippen LogP contribution in [0, 0.1) is 15.5 Å². The van der Waals surface area contributed by atoms with Gasteiger partial charge >= 0.3 is 0 Å². The summed E-state index contributed by atoms with van der Waals surface area (Å²) in [5.41, 5.74) is 8.79. The second-order valence-electron chi connectivity index (χ2n) is 7.15. The molecule has 0 bridgehead atoms. The third-order valence-electron chi connectivity index (χ3n) is 5.21. The van der Waals surface area contributed by atoms with Gasteiger partial charge in [-0.05, 0) is 36.1 Å². The third kappa shape index (κ3) is 5.15. The van der Waals surface area contributed by atoms with E-state index in [1.54, 1.807) is 12.1 Å². The van der Waals surface area contributed by atoms with E-state index in [1.807, 2.05) is 12.2 Å². The molecule has 0 heterocycles. The van der Waals surface area contributed by atoms with E-state index in [0.29, 0.717) is 0 Å². The summed E-state index contributed by atoms with van der Waals surface area (Å²) in [6.07, 6.45) is 17.7. The van der Waals surface area contributed by atoms with E-state index in [0.717, 1.165) is 24.0 Å². The van der Waals surface area contributed by atoms with E-state index >= 15 is 0 Å². The zero-order chi connectivity index (χ0) is 19.0. The van der Waals surface area contributed by atoms with Gasteiger partial charge in [-0.25, -0.2) is 0 Å². The first-order valence-corrected chi connectivity index (χ1v) is 9.60. The van der Waals surface area contributed by atoms with Crippen molar-refractivity contribution in [3.05, 3.63) is 69.8 Å². The van der Waals surface area contributed by atoms with E-state index in [4.69, 9.17) is 5.73 Å². The fourth-order valence-corrected chi connectivity index (χ4v) is 3.45. The minimum absolute atomic E-state index is 0.0297. The van der Waals surface area contributed by atoms with E-state index < -0.39 is 0 Å². The number of unbranched alkanes of at least 4 members (excludes halogenated alkanes) is 2. The lowest BCUT2D eigenvalue weighted by Crippen LogP contribution is -2.40. The summed E-state index contributed by atoms with van der Waals surface area (Å²) in [4.78, 5) is 10.3. The maximum Gasteiger partial charge on any atom is 0.269 e. The summed E-state index contributed by atoms with van der Waals surface area (Å²) >= 11 is 0. The van der Waals surface area contributed by atoms with Crippen molar-refractivity contribution in [1.82, 2.24) is 0 Å². The van der Waals surface area contributed by atoms with Crippen LogP contribution in [0.2, 0.25) is 0 Å². The Morgan fingerprint density at radius 2 is 1.73 bits per heavy atom. The monoisotopic (exact) mass is 354 g/mol. The number of non-ortho nitro benzene ring substituents is 1. The van der Waals surface area contributed by atoms with Crippen LogP contribution in [0.25, 0.3) is 6.08 Å². The Kier molecular flexibility index (Phi) is 7.34. The molecule has 1 unspecified atom stereocenters. The van der Waals surface area contributed by atoms with E-state index in [2.05, 4.69) is 32.1 Å². The molecule has 1 aliphatic carbocycles. The molecule has 0 saturated carbocycles. The molecule has 2 N–H and O–H groups in total. The van der Waals surface area contributed by atoms with Crippen molar-refractivity contribution in [2.24, 2.45) is 11.1 Å². The van der Waals surface area contributed by atoms with Gasteiger partial charge in [0, 0.05) is 23.6 Å². The highest BCUT2D eigenvalue weighted by atomic mass is 16.6. The summed E-state index contributed by atoms with van der Waals surface area (Å²) in [6, 6.07) is 6.60. The van der Waals surface area contributed by atoms with Gasteiger partial charge in [-0.1, -0.05) is 69.9 Å². The zero-order valence-corrected chi connectivity index (χ0v) is 15.9. The minimum Gasteiger partial charge on any atom is -0.324 e. The Bertz CT molecular complexity index is 679. The minimum atomic E-state index is -0.384. The standard InChI is InChI=1S/C22H30N2O2/c1-3-5-14-22(15-6-4-2)16-13-19(17-21(22)23)8-7-18-9-11-20(12-10-18)24(25)26/h7-13,16-17,21H,3-6,14-15,23H2,1-2H3. The molecule has 1 aliphatic rings. The number of nitrogens with zero attached hydrogens (tertiary/aromatic N) is 1. The number of rotatable bonds is 9. The molecule has 140 valence electrons. The highest BCUT2D eigenvalue weighted by molar-refractivity contribution is 5.57. The van der Waals surface area contributed by atoms with Gasteiger partial charge in [0.15, 0.2) is 0 Å². The van der Waals surface area contributed by atoms with Crippen molar-refractivity contribution in [2.75, 3.05) is 0 Å². The van der Waals surface area contributed by atoms with E-state index in [9.17, 15) is 10.1 Å². The van der Waals surface area contributed by atoms with Gasteiger partial charge in [0.2, 0.25) is 0 Å². The fourth-order valence-electron chi connectivity index (χ4n) is 3.45. The van der Waals surface area contributed by atoms with Gasteiger partial charge < -0.3 is 5.73 Å². The molecular formula is C22H30N2O2. The Morgan fingerprint density at radius 3 is 2.23 bits per heavy atom. The Morgan fingerprint density at radius 1 is 1.12 bits per heavy atom. The Labute approximate surface area is 156 Å². The van der Waals surface area contributed by atoms with Crippen LogP contribution in [0.3, 0.4) is 0 Å². The SMILES string of the molecule is CCCCC1(CCCC)C=CC(C=Cc2ccc([N+](=O)[O-])cc2)=CC1N. The number of hydrogen-bond acceptors (Lipinski definition) is 3. The number of nitro groups is 1. The van der Waals surface area contributed by atoms with Crippen molar-refractivity contribution >= 4 is 11.8 Å². The second kappa shape index (κ2) is 9.48. The molecular weight excluding hydrogens is 324 g/mol. The van der Waals surface area contributed by atoms with Gasteiger partial charge in [0.05, 0.1) is 4.92 Å². The topological polar surface area (TPSA) is 69.2 Å². The molecule has 0 radical (unpaired) electrons. The molecule has 1 atom stereocenters. The molecule has 0 aliphatic heterocycles. The number of hydrogen-bond donors (Lipinski definition) is 1. The van der Waals surface area contributed by atoms with Crippen molar-refractivity contribution in [3.8, 4) is 0 Å². The van der Waals surface area contributed by atoms with Crippen LogP contribution in [0.4, 0.5) is 5.69 Å². The third-order valence-corrected chi connectivity index (χ3v) is 5.21. The van der Waals surface area contributed by atoms with Crippen molar-refractivity contribution in [2.45, 2.75) is 58.4 Å². The highest BCUT2D eigenvalue weighted by Gasteiger charge is 2.33. The second-order valence-corrected chi connectivity index (χ2v) is 7.15. The average molecular weight is 354 g/mol. The van der Waals surface area contributed by atoms with Crippen molar-refractivity contribution in [3.63, 3.8) is 0 Å². The van der Waals surface area contributed by atoms with E-state index in [-0.39, 0.29) is 22.1 Å². The van der Waals surface area contributed by atoms with Crippen LogP contribution in [0.5, 0.6) is 0 Å². The first-order valence-electron chi connectivity index (χ1n) is 9.60. The number of nitrogens with two attached hydrogens (primary N) is 1. The normalized spacial score (nSPS) is 18.9. The lowest BCUT2D eigenvalue weighted by Gasteiger charge is -2.38. The predicted molar refractivity (Wildman–Crippen MR) is 109 cm³/mol. The summed E-state index contributed by atoms with van der Waals surface area (Å²) in [6.45, 7) is 4.44. The maximum atomic E-state index is 10.7. The van der Waals surface area contributed by atoms with Crippen LogP contribution in [0.15, 0.2) is 54.1 Å². The Hall–Kier alpha value is -2.20. The molecule has 4 heteroatoms. The number of nitro benzene ring substituents is 1. The first-order chi connectivity index (χ1) is 12.5. The van der Waals surface area contributed by atoms with E-state index in [1.165, 1.54) is 37.8 Å². The number of benzene rings is 1. The summed E-state index contributed by atoms with van der Waals surface area (Å²) in [5.74, 6) is 0. The van der Waals surface area contributed by atoms with Crippen LogP contribution < -0.4 is 5.73 Å². The molecule has 1 aromatic carbocycles. The lowest BCUT2D eigenvalue weighted by atomic mass is 9.69. The molecule has 0 amide bonds. The van der Waals surface area contributed by atoms with Crippen LogP contribution in [-0.2, 0) is 0 Å². The van der Waals surface area contributed by atoms with Crippen LogP contribution in [-0.4, -0.2) is 11.0 Å². The predicted octanol–water partition coefficient (Wildman–Crippen LogP) is 5.80. The van der Waals surface area contributed by atoms with Gasteiger partial charge in [-0.15, -0.1) is 0 Å². The molecule has 0 fully saturated rings. The van der Waals surface area contributed by atoms with Crippen molar-refractivity contribution in [1.29, 1.82) is 0 Å². The molecule has 4 nitrogen and oxygen atoms in total. The maximum absolute atomic E-state index is 10.7. The van der Waals surface area contributed by atoms with Crippen molar-refractivity contribution < 1.29 is 4.92 Å². The smallest absolute Gasteiger partial charge is 0.269 e. The van der Waals surface area contributed by atoms with Gasteiger partial charge in [0.1, 0.15) is 0 Å². The summed E-state index contributed by atoms with van der Waals surface area (Å²) in [5, 5.41) is 10.7. The molecule has 2 rings (SSSR count). The highest BCUT2D eigenvalue weighted by Crippen LogP contribution is 2.39. The summed E-state index contributed by atoms with van der Waals surface area (Å²) in [7, 11) is 0. The van der Waals surface area contributed by atoms with Gasteiger partial charge in [0.25, 0.3) is 5.69 Å². The molecule has 0 aromatic heterocycles. The summed E-state index contributed by atoms with van der Waals surface area (Å²) < 4.78 is 0. The fraction of sp³-hybridized carbons (Fsp3) is 0.455. The lowest BCUT2D eigenvalue weighted by molar-refractivity contribution is -0.384. The quantitative estimate of drug-likeness (QED) is 0.450. The van der Waals surface area contributed by atoms with Gasteiger partial charge in [-0.2, -0.15) is 0 Å². The molecule has 26 heavy (non-hydrogen) atoms. The first kappa shape index (κ1) is 20.1. The largest absolute Gasteiger partial charge is 0.324 e.